The third-order valence-corrected chi connectivity index (χ3v) is 5.69. The highest BCUT2D eigenvalue weighted by Crippen LogP contribution is 2.25. The molecule has 1 aliphatic heterocycles. The van der Waals surface area contributed by atoms with Crippen molar-refractivity contribution in [3.8, 4) is 0 Å². The van der Waals surface area contributed by atoms with Crippen LogP contribution in [-0.2, 0) is 24.2 Å². The van der Waals surface area contributed by atoms with Crippen molar-refractivity contribution < 1.29 is 4.79 Å². The number of benzene rings is 1. The van der Waals surface area contributed by atoms with E-state index in [2.05, 4.69) is 26.3 Å². The minimum Gasteiger partial charge on any atom is -0.369 e. The van der Waals surface area contributed by atoms with Gasteiger partial charge in [-0.1, -0.05) is 12.1 Å². The zero-order valence-corrected chi connectivity index (χ0v) is 15.8. The van der Waals surface area contributed by atoms with Gasteiger partial charge in [0.2, 0.25) is 5.91 Å². The number of aromatic nitrogens is 3. The van der Waals surface area contributed by atoms with Gasteiger partial charge in [0.25, 0.3) is 0 Å². The first-order valence-corrected chi connectivity index (χ1v) is 9.62. The maximum atomic E-state index is 11.6. The molecule has 7 heteroatoms. The summed E-state index contributed by atoms with van der Waals surface area (Å²) in [6.45, 7) is 5.57. The Morgan fingerprint density at radius 1 is 1.27 bits per heavy atom. The molecule has 134 valence electrons. The number of amides is 1. The van der Waals surface area contributed by atoms with E-state index < -0.39 is 0 Å². The molecule has 0 radical (unpaired) electrons. The number of hydrogen-bond acceptors (Lipinski definition) is 6. The molecule has 0 aliphatic carbocycles. The van der Waals surface area contributed by atoms with Crippen molar-refractivity contribution >= 4 is 33.3 Å². The van der Waals surface area contributed by atoms with Gasteiger partial charge in [-0.3, -0.25) is 4.79 Å². The van der Waals surface area contributed by atoms with Crippen LogP contribution < -0.4 is 5.32 Å². The number of rotatable bonds is 4. The van der Waals surface area contributed by atoms with E-state index in [9.17, 15) is 4.79 Å². The zero-order valence-electron chi connectivity index (χ0n) is 15.0. The van der Waals surface area contributed by atoms with Crippen LogP contribution in [0.2, 0.25) is 0 Å². The quantitative estimate of drug-likeness (QED) is 0.768. The Hall–Kier alpha value is -2.54. The van der Waals surface area contributed by atoms with E-state index in [1.807, 2.05) is 30.0 Å². The summed E-state index contributed by atoms with van der Waals surface area (Å²) in [5.74, 6) is 1.73. The maximum absolute atomic E-state index is 11.6. The number of nitrogens with zero attached hydrogens (tertiary/aromatic N) is 4. The van der Waals surface area contributed by atoms with E-state index in [-0.39, 0.29) is 5.91 Å². The maximum Gasteiger partial charge on any atom is 0.219 e. The number of thiazole rings is 1. The normalized spacial score (nSPS) is 13.7. The smallest absolute Gasteiger partial charge is 0.219 e. The first-order valence-electron chi connectivity index (χ1n) is 8.80. The number of carbonyl (C=O) groups is 1. The highest BCUT2D eigenvalue weighted by atomic mass is 32.1. The molecule has 1 N–H and O–H groups in total. The van der Waals surface area contributed by atoms with E-state index in [0.29, 0.717) is 6.54 Å². The molecule has 2 aromatic heterocycles. The summed E-state index contributed by atoms with van der Waals surface area (Å²) in [7, 11) is 0. The molecule has 0 atom stereocenters. The van der Waals surface area contributed by atoms with Gasteiger partial charge in [-0.15, -0.1) is 11.3 Å². The minimum absolute atomic E-state index is 0.0947. The van der Waals surface area contributed by atoms with Gasteiger partial charge in [0.05, 0.1) is 27.5 Å². The summed E-state index contributed by atoms with van der Waals surface area (Å²) >= 11 is 1.74. The van der Waals surface area contributed by atoms with Crippen LogP contribution in [0.4, 0.5) is 5.82 Å². The molecule has 0 saturated carbocycles. The van der Waals surface area contributed by atoms with Crippen molar-refractivity contribution in [2.24, 2.45) is 0 Å². The Kier molecular flexibility index (Phi) is 4.55. The fourth-order valence-electron chi connectivity index (χ4n) is 3.28. The Balaban J connectivity index is 1.47. The van der Waals surface area contributed by atoms with Gasteiger partial charge < -0.3 is 10.2 Å². The Labute approximate surface area is 156 Å². The zero-order chi connectivity index (χ0) is 18.1. The molecule has 0 saturated heterocycles. The number of fused-ring (bicyclic) bond motifs is 2. The van der Waals surface area contributed by atoms with Gasteiger partial charge in [-0.05, 0) is 25.5 Å². The fraction of sp³-hybridized carbons (Fsp3) is 0.368. The second-order valence-corrected chi connectivity index (χ2v) is 7.60. The van der Waals surface area contributed by atoms with Crippen molar-refractivity contribution in [2.45, 2.75) is 33.2 Å². The molecular formula is C19H21N5OS. The van der Waals surface area contributed by atoms with Crippen molar-refractivity contribution in [2.75, 3.05) is 18.4 Å². The summed E-state index contributed by atoms with van der Waals surface area (Å²) in [4.78, 5) is 27.3. The van der Waals surface area contributed by atoms with Crippen LogP contribution in [0.5, 0.6) is 0 Å². The molecule has 6 nitrogen and oxygen atoms in total. The Morgan fingerprint density at radius 2 is 2.12 bits per heavy atom. The SMILES string of the molecule is CC(=O)N1CCc2c(nc(C)nc2NCCc2nc3ccccc3s2)C1. The number of nitrogens with one attached hydrogen (secondary N) is 1. The molecule has 26 heavy (non-hydrogen) atoms. The lowest BCUT2D eigenvalue weighted by atomic mass is 10.1. The number of hydrogen-bond donors (Lipinski definition) is 1. The molecule has 0 fully saturated rings. The molecular weight excluding hydrogens is 346 g/mol. The van der Waals surface area contributed by atoms with Gasteiger partial charge in [-0.2, -0.15) is 0 Å². The number of para-hydroxylation sites is 1. The lowest BCUT2D eigenvalue weighted by molar-refractivity contribution is -0.129. The topological polar surface area (TPSA) is 71.0 Å². The minimum atomic E-state index is 0.0947. The third-order valence-electron chi connectivity index (χ3n) is 4.59. The number of aryl methyl sites for hydroxylation is 1. The van der Waals surface area contributed by atoms with Crippen molar-refractivity contribution in [3.05, 3.63) is 46.4 Å². The average Bonchev–Trinajstić information content (AvgIpc) is 3.03. The van der Waals surface area contributed by atoms with Crippen molar-refractivity contribution in [3.63, 3.8) is 0 Å². The van der Waals surface area contributed by atoms with E-state index in [4.69, 9.17) is 0 Å². The van der Waals surface area contributed by atoms with Crippen LogP contribution in [0.3, 0.4) is 0 Å². The molecule has 3 heterocycles. The van der Waals surface area contributed by atoms with Gasteiger partial charge in [0.1, 0.15) is 11.6 Å². The van der Waals surface area contributed by atoms with Gasteiger partial charge in [-0.25, -0.2) is 15.0 Å². The number of carbonyl (C=O) groups excluding carboxylic acids is 1. The molecule has 0 bridgehead atoms. The van der Waals surface area contributed by atoms with E-state index in [0.717, 1.165) is 59.4 Å². The van der Waals surface area contributed by atoms with Crippen LogP contribution in [0.25, 0.3) is 10.2 Å². The highest BCUT2D eigenvalue weighted by molar-refractivity contribution is 7.18. The second-order valence-electron chi connectivity index (χ2n) is 6.49. The summed E-state index contributed by atoms with van der Waals surface area (Å²) in [5, 5.41) is 4.59. The molecule has 1 amide bonds. The van der Waals surface area contributed by atoms with Gasteiger partial charge in [0.15, 0.2) is 0 Å². The highest BCUT2D eigenvalue weighted by Gasteiger charge is 2.23. The van der Waals surface area contributed by atoms with Crippen LogP contribution in [0.15, 0.2) is 24.3 Å². The van der Waals surface area contributed by atoms with Crippen LogP contribution in [0.1, 0.15) is 29.0 Å². The fourth-order valence-corrected chi connectivity index (χ4v) is 4.25. The molecule has 0 unspecified atom stereocenters. The van der Waals surface area contributed by atoms with Crippen LogP contribution in [0, 0.1) is 6.92 Å². The lowest BCUT2D eigenvalue weighted by Gasteiger charge is -2.28. The monoisotopic (exact) mass is 367 g/mol. The predicted octanol–water partition coefficient (Wildman–Crippen LogP) is 2.95. The van der Waals surface area contributed by atoms with Crippen LogP contribution >= 0.6 is 11.3 Å². The Morgan fingerprint density at radius 3 is 2.92 bits per heavy atom. The summed E-state index contributed by atoms with van der Waals surface area (Å²) in [6, 6.07) is 8.22. The molecule has 4 rings (SSSR count). The first-order chi connectivity index (χ1) is 12.6. The molecule has 0 spiro atoms. The summed E-state index contributed by atoms with van der Waals surface area (Å²) in [6.07, 6.45) is 1.65. The van der Waals surface area contributed by atoms with Crippen molar-refractivity contribution in [1.82, 2.24) is 19.9 Å². The predicted molar refractivity (Wildman–Crippen MR) is 103 cm³/mol. The summed E-state index contributed by atoms with van der Waals surface area (Å²) < 4.78 is 1.22. The summed E-state index contributed by atoms with van der Waals surface area (Å²) in [5.41, 5.74) is 3.16. The van der Waals surface area contributed by atoms with E-state index in [1.54, 1.807) is 18.3 Å². The van der Waals surface area contributed by atoms with Crippen LogP contribution in [-0.4, -0.2) is 38.8 Å². The van der Waals surface area contributed by atoms with Gasteiger partial charge >= 0.3 is 0 Å². The van der Waals surface area contributed by atoms with E-state index in [1.165, 1.54) is 4.70 Å². The van der Waals surface area contributed by atoms with Crippen molar-refractivity contribution in [1.29, 1.82) is 0 Å². The second kappa shape index (κ2) is 6.99. The average molecular weight is 367 g/mol. The standard InChI is InChI=1S/C19H21N5OS/c1-12-21-16-11-24(13(2)25)10-8-14(16)19(22-12)20-9-7-18-23-15-5-3-4-6-17(15)26-18/h3-6H,7-11H2,1-2H3,(H,20,21,22). The lowest BCUT2D eigenvalue weighted by Crippen LogP contribution is -2.35. The van der Waals surface area contributed by atoms with E-state index >= 15 is 0 Å². The molecule has 1 aliphatic rings. The molecule has 1 aromatic carbocycles. The number of anilines is 1. The molecule has 3 aromatic rings. The largest absolute Gasteiger partial charge is 0.369 e. The third kappa shape index (κ3) is 3.39. The Bertz CT molecular complexity index is 935. The first kappa shape index (κ1) is 16.9. The van der Waals surface area contributed by atoms with Gasteiger partial charge in [0, 0.05) is 32.0 Å².